The lowest BCUT2D eigenvalue weighted by atomic mass is 9.98. The minimum Gasteiger partial charge on any atom is -0.351 e. The molecule has 21 heavy (non-hydrogen) atoms. The molecule has 2 aromatic rings. The molecule has 0 saturated carbocycles. The molecule has 0 radical (unpaired) electrons. The summed E-state index contributed by atoms with van der Waals surface area (Å²) >= 11 is 0. The van der Waals surface area contributed by atoms with Crippen molar-refractivity contribution in [1.82, 2.24) is 4.57 Å². The SMILES string of the molecule is CC[C@@H](C)c1ccc(NC(=O)c2cc(C)n(C)c2C)cc1. The van der Waals surface area contributed by atoms with Crippen LogP contribution in [0.3, 0.4) is 0 Å². The van der Waals surface area contributed by atoms with E-state index in [0.717, 1.165) is 29.1 Å². The highest BCUT2D eigenvalue weighted by molar-refractivity contribution is 6.05. The maximum atomic E-state index is 12.4. The van der Waals surface area contributed by atoms with Crippen molar-refractivity contribution in [3.8, 4) is 0 Å². The third-order valence-electron chi connectivity index (χ3n) is 4.37. The predicted octanol–water partition coefficient (Wildman–Crippen LogP) is 4.41. The second-order valence-electron chi connectivity index (χ2n) is 5.73. The second-order valence-corrected chi connectivity index (χ2v) is 5.73. The molecule has 1 amide bonds. The lowest BCUT2D eigenvalue weighted by molar-refractivity contribution is 0.102. The quantitative estimate of drug-likeness (QED) is 0.886. The van der Waals surface area contributed by atoms with E-state index in [-0.39, 0.29) is 5.91 Å². The number of carbonyl (C=O) groups is 1. The number of hydrogen-bond donors (Lipinski definition) is 1. The van der Waals surface area contributed by atoms with Gasteiger partial charge in [-0.05, 0) is 49.9 Å². The van der Waals surface area contributed by atoms with Crippen molar-refractivity contribution in [2.45, 2.75) is 40.0 Å². The van der Waals surface area contributed by atoms with Gasteiger partial charge in [0, 0.05) is 24.1 Å². The van der Waals surface area contributed by atoms with Crippen molar-refractivity contribution >= 4 is 11.6 Å². The van der Waals surface area contributed by atoms with Crippen LogP contribution in [0.4, 0.5) is 5.69 Å². The van der Waals surface area contributed by atoms with Crippen molar-refractivity contribution in [2.75, 3.05) is 5.32 Å². The van der Waals surface area contributed by atoms with E-state index in [1.54, 1.807) is 0 Å². The van der Waals surface area contributed by atoms with Crippen molar-refractivity contribution in [2.24, 2.45) is 7.05 Å². The number of carbonyl (C=O) groups excluding carboxylic acids is 1. The van der Waals surface area contributed by atoms with Crippen LogP contribution in [0.5, 0.6) is 0 Å². The van der Waals surface area contributed by atoms with E-state index in [0.29, 0.717) is 5.92 Å². The van der Waals surface area contributed by atoms with Gasteiger partial charge in [0.05, 0.1) is 5.56 Å². The van der Waals surface area contributed by atoms with E-state index in [9.17, 15) is 4.79 Å². The Hall–Kier alpha value is -2.03. The number of aryl methyl sites for hydroxylation is 1. The normalized spacial score (nSPS) is 12.2. The maximum absolute atomic E-state index is 12.4. The van der Waals surface area contributed by atoms with Gasteiger partial charge in [-0.25, -0.2) is 0 Å². The molecular formula is C18H24N2O. The zero-order valence-corrected chi connectivity index (χ0v) is 13.5. The molecule has 0 aliphatic rings. The van der Waals surface area contributed by atoms with Crippen LogP contribution in [0.15, 0.2) is 30.3 Å². The third kappa shape index (κ3) is 3.18. The van der Waals surface area contributed by atoms with Gasteiger partial charge >= 0.3 is 0 Å². The summed E-state index contributed by atoms with van der Waals surface area (Å²) in [5.74, 6) is 0.501. The Morgan fingerprint density at radius 1 is 1.24 bits per heavy atom. The van der Waals surface area contributed by atoms with Crippen molar-refractivity contribution < 1.29 is 4.79 Å². The number of rotatable bonds is 4. The molecule has 0 unspecified atom stereocenters. The van der Waals surface area contributed by atoms with Crippen molar-refractivity contribution in [1.29, 1.82) is 0 Å². The summed E-state index contributed by atoms with van der Waals surface area (Å²) < 4.78 is 2.03. The average Bonchev–Trinajstić information content (AvgIpc) is 2.75. The Bertz CT molecular complexity index is 638. The van der Waals surface area contributed by atoms with Gasteiger partial charge in [-0.15, -0.1) is 0 Å². The molecule has 0 bridgehead atoms. The van der Waals surface area contributed by atoms with Gasteiger partial charge < -0.3 is 9.88 Å². The molecule has 112 valence electrons. The highest BCUT2D eigenvalue weighted by atomic mass is 16.1. The lowest BCUT2D eigenvalue weighted by Crippen LogP contribution is -2.13. The lowest BCUT2D eigenvalue weighted by Gasteiger charge is -2.10. The van der Waals surface area contributed by atoms with Crippen LogP contribution in [0.2, 0.25) is 0 Å². The standard InChI is InChI=1S/C18H24N2O/c1-6-12(2)15-7-9-16(10-8-15)19-18(21)17-11-13(3)20(5)14(17)4/h7-12H,6H2,1-5H3,(H,19,21)/t12-/m1/s1. The number of anilines is 1. The minimum atomic E-state index is -0.0486. The summed E-state index contributed by atoms with van der Waals surface area (Å²) in [4.78, 5) is 12.4. The summed E-state index contributed by atoms with van der Waals surface area (Å²) in [6.07, 6.45) is 1.12. The molecule has 1 atom stereocenters. The van der Waals surface area contributed by atoms with Crippen LogP contribution in [0.1, 0.15) is 53.5 Å². The van der Waals surface area contributed by atoms with E-state index in [4.69, 9.17) is 0 Å². The summed E-state index contributed by atoms with van der Waals surface area (Å²) in [5, 5.41) is 2.97. The fraction of sp³-hybridized carbons (Fsp3) is 0.389. The van der Waals surface area contributed by atoms with Gasteiger partial charge in [0.25, 0.3) is 5.91 Å². The average molecular weight is 284 g/mol. The first-order valence-corrected chi connectivity index (χ1v) is 7.48. The molecule has 1 N–H and O–H groups in total. The van der Waals surface area contributed by atoms with Gasteiger partial charge in [0.2, 0.25) is 0 Å². The topological polar surface area (TPSA) is 34.0 Å². The Balaban J connectivity index is 2.14. The fourth-order valence-corrected chi connectivity index (χ4v) is 2.41. The third-order valence-corrected chi connectivity index (χ3v) is 4.37. The van der Waals surface area contributed by atoms with Gasteiger partial charge in [-0.3, -0.25) is 4.79 Å². The van der Waals surface area contributed by atoms with Crippen LogP contribution in [0.25, 0.3) is 0 Å². The molecule has 0 spiro atoms. The molecule has 1 heterocycles. The number of nitrogens with one attached hydrogen (secondary N) is 1. The zero-order valence-electron chi connectivity index (χ0n) is 13.5. The number of aromatic nitrogens is 1. The van der Waals surface area contributed by atoms with Gasteiger partial charge in [0.15, 0.2) is 0 Å². The molecule has 0 aliphatic heterocycles. The van der Waals surface area contributed by atoms with E-state index in [2.05, 4.69) is 31.3 Å². The fourth-order valence-electron chi connectivity index (χ4n) is 2.41. The summed E-state index contributed by atoms with van der Waals surface area (Å²) in [7, 11) is 1.97. The number of hydrogen-bond acceptors (Lipinski definition) is 1. The summed E-state index contributed by atoms with van der Waals surface area (Å²) in [6.45, 7) is 8.36. The van der Waals surface area contributed by atoms with Crippen molar-refractivity contribution in [3.63, 3.8) is 0 Å². The van der Waals surface area contributed by atoms with Gasteiger partial charge in [-0.2, -0.15) is 0 Å². The summed E-state index contributed by atoms with van der Waals surface area (Å²) in [5.41, 5.74) is 4.96. The first-order valence-electron chi connectivity index (χ1n) is 7.48. The Kier molecular flexibility index (Phi) is 4.51. The molecule has 0 fully saturated rings. The molecular weight excluding hydrogens is 260 g/mol. The molecule has 1 aromatic carbocycles. The van der Waals surface area contributed by atoms with E-state index in [1.165, 1.54) is 5.56 Å². The highest BCUT2D eigenvalue weighted by Crippen LogP contribution is 2.21. The van der Waals surface area contributed by atoms with Crippen LogP contribution < -0.4 is 5.32 Å². The molecule has 3 nitrogen and oxygen atoms in total. The van der Waals surface area contributed by atoms with Crippen LogP contribution in [-0.2, 0) is 7.05 Å². The van der Waals surface area contributed by atoms with Crippen LogP contribution >= 0.6 is 0 Å². The number of amides is 1. The van der Waals surface area contributed by atoms with E-state index >= 15 is 0 Å². The maximum Gasteiger partial charge on any atom is 0.257 e. The number of benzene rings is 1. The molecule has 0 saturated heterocycles. The first kappa shape index (κ1) is 15.4. The monoisotopic (exact) mass is 284 g/mol. The van der Waals surface area contributed by atoms with E-state index in [1.807, 2.05) is 43.7 Å². The largest absolute Gasteiger partial charge is 0.351 e. The van der Waals surface area contributed by atoms with E-state index < -0.39 is 0 Å². The molecule has 0 aliphatic carbocycles. The van der Waals surface area contributed by atoms with Gasteiger partial charge in [-0.1, -0.05) is 26.0 Å². The highest BCUT2D eigenvalue weighted by Gasteiger charge is 2.14. The number of nitrogens with zero attached hydrogens (tertiary/aromatic N) is 1. The second kappa shape index (κ2) is 6.17. The first-order chi connectivity index (χ1) is 9.93. The molecule has 2 rings (SSSR count). The van der Waals surface area contributed by atoms with Crippen molar-refractivity contribution in [3.05, 3.63) is 52.8 Å². The Morgan fingerprint density at radius 3 is 2.33 bits per heavy atom. The van der Waals surface area contributed by atoms with Gasteiger partial charge in [0.1, 0.15) is 0 Å². The predicted molar refractivity (Wildman–Crippen MR) is 88.0 cm³/mol. The summed E-state index contributed by atoms with van der Waals surface area (Å²) in [6, 6.07) is 10.1. The minimum absolute atomic E-state index is 0.0486. The Morgan fingerprint density at radius 2 is 1.86 bits per heavy atom. The smallest absolute Gasteiger partial charge is 0.257 e. The molecule has 1 aromatic heterocycles. The Labute approximate surface area is 127 Å². The van der Waals surface area contributed by atoms with Crippen LogP contribution in [-0.4, -0.2) is 10.5 Å². The van der Waals surface area contributed by atoms with Crippen LogP contribution in [0, 0.1) is 13.8 Å². The zero-order chi connectivity index (χ0) is 15.6. The molecule has 3 heteroatoms.